The second-order valence-corrected chi connectivity index (χ2v) is 9.13. The average molecular weight is 520 g/mol. The fourth-order valence-electron chi connectivity index (χ4n) is 4.43. The zero-order valence-corrected chi connectivity index (χ0v) is 21.3. The van der Waals surface area contributed by atoms with Gasteiger partial charge < -0.3 is 24.3 Å². The van der Waals surface area contributed by atoms with E-state index in [0.717, 1.165) is 22.8 Å². The molecule has 1 aliphatic heterocycles. The first-order valence-electron chi connectivity index (χ1n) is 11.6. The molecule has 0 spiro atoms. The monoisotopic (exact) mass is 519 g/mol. The number of hydrogen-bond donors (Lipinski definition) is 1. The Kier molecular flexibility index (Phi) is 7.46. The highest BCUT2D eigenvalue weighted by Gasteiger charge is 2.42. The molecule has 1 N–H and O–H groups in total. The van der Waals surface area contributed by atoms with Gasteiger partial charge in [0.15, 0.2) is 5.11 Å². The van der Waals surface area contributed by atoms with Gasteiger partial charge >= 0.3 is 0 Å². The lowest BCUT2D eigenvalue weighted by Gasteiger charge is -2.29. The number of benzene rings is 1. The van der Waals surface area contributed by atoms with E-state index in [-0.39, 0.29) is 12.1 Å². The minimum absolute atomic E-state index is 0.160. The number of methoxy groups -OCH3 is 1. The summed E-state index contributed by atoms with van der Waals surface area (Å²) in [4.78, 5) is 11.3. The molecule has 7 nitrogen and oxygen atoms in total. The molecule has 9 heteroatoms. The summed E-state index contributed by atoms with van der Waals surface area (Å²) in [5, 5.41) is 4.61. The van der Waals surface area contributed by atoms with Gasteiger partial charge in [0, 0.05) is 37.1 Å². The van der Waals surface area contributed by atoms with Gasteiger partial charge in [0.05, 0.1) is 35.6 Å². The van der Waals surface area contributed by atoms with E-state index in [1.165, 1.54) is 0 Å². The second-order valence-electron chi connectivity index (χ2n) is 8.33. The summed E-state index contributed by atoms with van der Waals surface area (Å²) < 4.78 is 13.0. The summed E-state index contributed by atoms with van der Waals surface area (Å²) in [5.74, 6) is 0.604. The number of thiocarbonyl (C=S) groups is 1. The highest BCUT2D eigenvalue weighted by atomic mass is 35.5. The van der Waals surface area contributed by atoms with Crippen LogP contribution in [0, 0.1) is 0 Å². The zero-order chi connectivity index (χ0) is 24.9. The van der Waals surface area contributed by atoms with Crippen LogP contribution >= 0.6 is 23.8 Å². The molecule has 0 bridgehead atoms. The van der Waals surface area contributed by atoms with Gasteiger partial charge in [-0.2, -0.15) is 0 Å². The number of ether oxygens (including phenoxy) is 2. The van der Waals surface area contributed by atoms with Crippen LogP contribution in [0.15, 0.2) is 85.3 Å². The van der Waals surface area contributed by atoms with E-state index in [0.29, 0.717) is 35.6 Å². The third-order valence-corrected chi connectivity index (χ3v) is 6.67. The first-order valence-corrected chi connectivity index (χ1v) is 12.4. The number of pyridine rings is 2. The Labute approximate surface area is 220 Å². The quantitative estimate of drug-likeness (QED) is 0.241. The maximum atomic E-state index is 6.62. The van der Waals surface area contributed by atoms with Crippen LogP contribution in [0.5, 0.6) is 5.75 Å². The summed E-state index contributed by atoms with van der Waals surface area (Å²) in [6, 6.07) is 21.4. The lowest BCUT2D eigenvalue weighted by atomic mass is 10.0. The van der Waals surface area contributed by atoms with Crippen molar-refractivity contribution in [2.24, 2.45) is 0 Å². The first kappa shape index (κ1) is 24.2. The van der Waals surface area contributed by atoms with Crippen LogP contribution < -0.4 is 15.0 Å². The molecule has 0 unspecified atom stereocenters. The van der Waals surface area contributed by atoms with E-state index in [1.54, 1.807) is 13.3 Å². The van der Waals surface area contributed by atoms with Gasteiger partial charge in [0.1, 0.15) is 18.4 Å². The van der Waals surface area contributed by atoms with Crippen LogP contribution in [0.1, 0.15) is 29.2 Å². The molecule has 0 saturated carbocycles. The molecular weight excluding hydrogens is 494 g/mol. The molecule has 5 rings (SSSR count). The largest absolute Gasteiger partial charge is 0.490 e. The van der Waals surface area contributed by atoms with Gasteiger partial charge in [-0.15, -0.1) is 0 Å². The number of nitrogens with one attached hydrogen (secondary N) is 1. The van der Waals surface area contributed by atoms with Crippen molar-refractivity contribution in [1.82, 2.24) is 19.9 Å². The topological polar surface area (TPSA) is 64.4 Å². The predicted molar refractivity (Wildman–Crippen MR) is 145 cm³/mol. The molecular formula is C27H26ClN5O2S. The summed E-state index contributed by atoms with van der Waals surface area (Å²) >= 11 is 12.5. The molecule has 1 fully saturated rings. The van der Waals surface area contributed by atoms with Crippen molar-refractivity contribution in [3.63, 3.8) is 0 Å². The molecule has 36 heavy (non-hydrogen) atoms. The molecule has 0 aliphatic carbocycles. The first-order chi connectivity index (χ1) is 17.7. The number of halogens is 1. The fourth-order valence-corrected chi connectivity index (χ4v) is 5.01. The minimum atomic E-state index is -0.164. The third-order valence-electron chi connectivity index (χ3n) is 6.06. The maximum absolute atomic E-state index is 6.62. The summed E-state index contributed by atoms with van der Waals surface area (Å²) in [6.45, 7) is 1.55. The van der Waals surface area contributed by atoms with Crippen LogP contribution in [0.4, 0.5) is 5.69 Å². The van der Waals surface area contributed by atoms with Crippen molar-refractivity contribution in [3.8, 4) is 5.75 Å². The van der Waals surface area contributed by atoms with Crippen molar-refractivity contribution >= 4 is 34.6 Å². The van der Waals surface area contributed by atoms with Crippen molar-refractivity contribution in [2.45, 2.75) is 18.6 Å². The summed E-state index contributed by atoms with van der Waals surface area (Å²) in [5.41, 5.74) is 3.83. The van der Waals surface area contributed by atoms with Crippen molar-refractivity contribution in [2.75, 3.05) is 25.2 Å². The second kappa shape index (κ2) is 11.1. The van der Waals surface area contributed by atoms with Crippen molar-refractivity contribution in [3.05, 3.63) is 107 Å². The fraction of sp³-hybridized carbons (Fsp3) is 0.222. The number of rotatable bonds is 9. The van der Waals surface area contributed by atoms with E-state index in [2.05, 4.69) is 37.0 Å². The van der Waals surface area contributed by atoms with E-state index >= 15 is 0 Å². The van der Waals surface area contributed by atoms with E-state index in [1.807, 2.05) is 66.9 Å². The Bertz CT molecular complexity index is 1320. The molecule has 0 amide bonds. The molecule has 1 aromatic carbocycles. The van der Waals surface area contributed by atoms with Crippen molar-refractivity contribution < 1.29 is 9.47 Å². The van der Waals surface area contributed by atoms with Gasteiger partial charge in [-0.1, -0.05) is 23.7 Å². The Morgan fingerprint density at radius 2 is 1.83 bits per heavy atom. The Balaban J connectivity index is 1.53. The Morgan fingerprint density at radius 1 is 1.00 bits per heavy atom. The zero-order valence-electron chi connectivity index (χ0n) is 19.8. The van der Waals surface area contributed by atoms with E-state index in [4.69, 9.17) is 33.3 Å². The van der Waals surface area contributed by atoms with Crippen LogP contribution in [-0.4, -0.2) is 40.0 Å². The molecule has 0 radical (unpaired) electrons. The molecule has 3 aromatic heterocycles. The van der Waals surface area contributed by atoms with Crippen molar-refractivity contribution in [1.29, 1.82) is 0 Å². The summed E-state index contributed by atoms with van der Waals surface area (Å²) in [7, 11) is 1.64. The van der Waals surface area contributed by atoms with Crippen LogP contribution in [0.3, 0.4) is 0 Å². The van der Waals surface area contributed by atoms with E-state index < -0.39 is 0 Å². The maximum Gasteiger partial charge on any atom is 0.174 e. The van der Waals surface area contributed by atoms with E-state index in [9.17, 15) is 0 Å². The number of aromatic nitrogens is 3. The molecule has 4 heterocycles. The van der Waals surface area contributed by atoms with Gasteiger partial charge in [-0.3, -0.25) is 9.97 Å². The normalized spacial score (nSPS) is 17.3. The average Bonchev–Trinajstić information content (AvgIpc) is 3.49. The highest BCUT2D eigenvalue weighted by molar-refractivity contribution is 7.80. The van der Waals surface area contributed by atoms with Gasteiger partial charge in [-0.05, 0) is 66.8 Å². The molecule has 1 saturated heterocycles. The molecule has 1 aliphatic rings. The highest BCUT2D eigenvalue weighted by Crippen LogP contribution is 2.43. The van der Waals surface area contributed by atoms with Gasteiger partial charge in [0.2, 0.25) is 0 Å². The van der Waals surface area contributed by atoms with Gasteiger partial charge in [-0.25, -0.2) is 0 Å². The number of anilines is 1. The van der Waals surface area contributed by atoms with Crippen LogP contribution in [-0.2, 0) is 11.3 Å². The lowest BCUT2D eigenvalue weighted by molar-refractivity contribution is 0.146. The SMILES string of the molecule is COCCOc1ccc(N2C(=S)N[C@H](c3ccccn3)[C@H]2c2cccn2Cc2ccccn2)cc1Cl. The minimum Gasteiger partial charge on any atom is -0.490 e. The van der Waals surface area contributed by atoms with Gasteiger partial charge in [0.25, 0.3) is 0 Å². The van der Waals surface area contributed by atoms with Crippen LogP contribution in [0.2, 0.25) is 5.02 Å². The molecule has 2 atom stereocenters. The Hall–Kier alpha value is -3.46. The number of nitrogens with zero attached hydrogens (tertiary/aromatic N) is 4. The third kappa shape index (κ3) is 5.06. The smallest absolute Gasteiger partial charge is 0.174 e. The summed E-state index contributed by atoms with van der Waals surface area (Å²) in [6.07, 6.45) is 5.68. The standard InChI is InChI=1S/C27H26ClN5O2S/c1-34-15-16-35-24-11-10-20(17-21(24)28)33-26(25(31-27(33)36)22-8-3-5-13-30-22)23-9-6-14-32(23)18-19-7-2-4-12-29-19/h2-14,17,25-26H,15-16,18H2,1H3,(H,31,36)/t25-,26-/m1/s1. The van der Waals surface area contributed by atoms with Crippen LogP contribution in [0.25, 0.3) is 0 Å². The molecule has 4 aromatic rings. The predicted octanol–water partition coefficient (Wildman–Crippen LogP) is 5.18. The lowest BCUT2D eigenvalue weighted by Crippen LogP contribution is -2.30. The number of hydrogen-bond acceptors (Lipinski definition) is 5. The Morgan fingerprint density at radius 3 is 2.56 bits per heavy atom. The molecule has 184 valence electrons.